The number of alkyl halides is 8. The summed E-state index contributed by atoms with van der Waals surface area (Å²) in [5.74, 6) is -8.87. The first-order valence-corrected chi connectivity index (χ1v) is 25.9. The van der Waals surface area contributed by atoms with Gasteiger partial charge in [-0.2, -0.15) is 53.7 Å². The molecule has 1 amide bonds. The van der Waals surface area contributed by atoms with E-state index >= 15 is 8.78 Å². The highest BCUT2D eigenvalue weighted by Crippen LogP contribution is 2.69. The van der Waals surface area contributed by atoms with Gasteiger partial charge < -0.3 is 5.73 Å². The first-order valence-electron chi connectivity index (χ1n) is 20.1. The SMILES string of the molecule is CC(C)(C#Cc1ccc(-c2ccc(Cl)c3c(NS(C)(=O)=O)nn(CC(F)(F)F)c23)c([C@@H](Cc2cc(F)cc(F)c2)C(C(N)=O)n2nc(C(F)(F)F)c3c2C(F)(F)[C@@H]2C[C@H]32)n1)S(C)(=O)=O.CCS(=O)(=O)O. The summed E-state index contributed by atoms with van der Waals surface area (Å²) in [4.78, 5) is 18.4. The Morgan fingerprint density at radius 2 is 1.56 bits per heavy atom. The zero-order valence-corrected chi connectivity index (χ0v) is 39.9. The molecule has 2 aliphatic carbocycles. The molecule has 0 radical (unpaired) electrons. The molecule has 1 saturated carbocycles. The first-order chi connectivity index (χ1) is 31.8. The highest BCUT2D eigenvalue weighted by Gasteiger charge is 2.69. The number of nitrogens with one attached hydrogen (secondary N) is 1. The summed E-state index contributed by atoms with van der Waals surface area (Å²) in [6, 6.07) is 3.93. The van der Waals surface area contributed by atoms with Crippen LogP contribution in [0.5, 0.6) is 0 Å². The third-order valence-electron chi connectivity index (χ3n) is 11.3. The highest BCUT2D eigenvalue weighted by molar-refractivity contribution is 7.92. The van der Waals surface area contributed by atoms with Crippen LogP contribution in [0.25, 0.3) is 22.0 Å². The lowest BCUT2D eigenvalue weighted by Crippen LogP contribution is -2.37. The number of carbonyl (C=O) groups excluding carboxylic acids is 1. The molecule has 0 saturated heterocycles. The van der Waals surface area contributed by atoms with Crippen molar-refractivity contribution in [3.63, 3.8) is 0 Å². The van der Waals surface area contributed by atoms with E-state index < -0.39 is 147 Å². The van der Waals surface area contributed by atoms with Gasteiger partial charge in [-0.3, -0.25) is 18.8 Å². The fraction of sp³-hybridized carbons (Fsp3) is 0.415. The number of rotatable bonds is 12. The summed E-state index contributed by atoms with van der Waals surface area (Å²) < 4.78 is 226. The van der Waals surface area contributed by atoms with Crippen molar-refractivity contribution < 1.29 is 78.5 Å². The monoisotopic (exact) mass is 1080 g/mol. The standard InChI is InChI=1S/C39H32ClF10N7O5S2.C2H6O3S/c1-36(2,63(3,59)60)10-9-20-5-6-21(22-7-8-26(40)28-30(22)56(16-37(43,44)45)54-35(28)55-64(4,61)62)29(52-20)24(13-17-11-18(41)14-19(42)12-17)31(34(51)58)57-33-27(32(53-57)39(48,49)50)23-15-25(23)38(33,46)47;1-2-6(3,4)5/h5-8,11-12,14,23-25,31H,13,15-16H2,1-4H3,(H2,51,58)(H,54,55);2H2,1H3,(H,3,4,5)/t23-,24+,25+,31?;/m0./s1. The number of amides is 1. The molecule has 380 valence electrons. The zero-order chi connectivity index (χ0) is 52.6. The summed E-state index contributed by atoms with van der Waals surface area (Å²) in [6.07, 6.45) is -10.1. The Hall–Kier alpha value is -5.50. The predicted molar refractivity (Wildman–Crippen MR) is 233 cm³/mol. The Balaban J connectivity index is 0.00000126. The van der Waals surface area contributed by atoms with Crippen LogP contribution in [0.15, 0.2) is 42.5 Å². The number of hydrogen-bond acceptors (Lipinski definition) is 10. The minimum atomic E-state index is -5.36. The molecule has 3 aromatic heterocycles. The number of primary amides is 1. The second-order valence-electron chi connectivity index (χ2n) is 16.9. The molecule has 5 aromatic rings. The van der Waals surface area contributed by atoms with Crippen LogP contribution in [0.3, 0.4) is 0 Å². The average Bonchev–Trinajstić information content (AvgIpc) is 3.70. The lowest BCUT2D eigenvalue weighted by molar-refractivity contribution is -0.143. The lowest BCUT2D eigenvalue weighted by Gasteiger charge is -2.29. The fourth-order valence-electron chi connectivity index (χ4n) is 7.85. The molecule has 29 heteroatoms. The number of sulfone groups is 1. The number of benzene rings is 2. The van der Waals surface area contributed by atoms with Gasteiger partial charge in [-0.1, -0.05) is 23.6 Å². The fourth-order valence-corrected chi connectivity index (χ4v) is 8.83. The number of anilines is 1. The normalized spacial score (nSPS) is 17.7. The molecular weight excluding hydrogens is 1040 g/mol. The van der Waals surface area contributed by atoms with E-state index in [1.165, 1.54) is 20.8 Å². The summed E-state index contributed by atoms with van der Waals surface area (Å²) in [6.45, 7) is 1.94. The summed E-state index contributed by atoms with van der Waals surface area (Å²) >= 11 is 6.47. The molecule has 2 aromatic carbocycles. The number of fused-ring (bicyclic) bond motifs is 4. The Morgan fingerprint density at radius 1 is 0.971 bits per heavy atom. The van der Waals surface area contributed by atoms with Crippen molar-refractivity contribution in [2.24, 2.45) is 11.7 Å². The first kappa shape index (κ1) is 53.8. The summed E-state index contributed by atoms with van der Waals surface area (Å²) in [5, 5.41) is 6.56. The molecule has 2 aliphatic rings. The lowest BCUT2D eigenvalue weighted by atomic mass is 9.84. The highest BCUT2D eigenvalue weighted by atomic mass is 35.5. The second-order valence-corrected chi connectivity index (χ2v) is 23.4. The topological polar surface area (TPSA) is 226 Å². The van der Waals surface area contributed by atoms with Gasteiger partial charge in [0.15, 0.2) is 21.3 Å². The number of nitrogens with zero attached hydrogens (tertiary/aromatic N) is 5. The van der Waals surface area contributed by atoms with Crippen molar-refractivity contribution in [2.45, 2.75) is 81.1 Å². The van der Waals surface area contributed by atoms with Crippen molar-refractivity contribution in [3.8, 4) is 23.0 Å². The zero-order valence-electron chi connectivity index (χ0n) is 36.7. The van der Waals surface area contributed by atoms with Gasteiger partial charge in [0.2, 0.25) is 15.9 Å². The number of carbonyl (C=O) groups is 1. The maximum atomic E-state index is 16.2. The smallest absolute Gasteiger partial charge is 0.368 e. The van der Waals surface area contributed by atoms with Crippen molar-refractivity contribution >= 4 is 64.2 Å². The third kappa shape index (κ3) is 11.3. The van der Waals surface area contributed by atoms with Crippen LogP contribution in [0.1, 0.15) is 79.0 Å². The molecule has 1 unspecified atom stereocenters. The van der Waals surface area contributed by atoms with E-state index in [0.717, 1.165) is 42.7 Å². The maximum absolute atomic E-state index is 16.2. The molecule has 1 fully saturated rings. The van der Waals surface area contributed by atoms with E-state index in [-0.39, 0.29) is 44.3 Å². The minimum Gasteiger partial charge on any atom is -0.368 e. The van der Waals surface area contributed by atoms with Crippen LogP contribution >= 0.6 is 11.6 Å². The van der Waals surface area contributed by atoms with E-state index in [9.17, 15) is 65.2 Å². The van der Waals surface area contributed by atoms with E-state index in [1.54, 1.807) is 0 Å². The molecule has 70 heavy (non-hydrogen) atoms. The summed E-state index contributed by atoms with van der Waals surface area (Å²) in [7, 11) is -11.8. The number of hydrogen-bond donors (Lipinski definition) is 3. The number of aromatic nitrogens is 5. The predicted octanol–water partition coefficient (Wildman–Crippen LogP) is 7.51. The maximum Gasteiger partial charge on any atom is 0.435 e. The van der Waals surface area contributed by atoms with Crippen molar-refractivity contribution in [1.29, 1.82) is 0 Å². The van der Waals surface area contributed by atoms with Gasteiger partial charge in [0.25, 0.3) is 16.0 Å². The molecule has 4 N–H and O–H groups in total. The van der Waals surface area contributed by atoms with Crippen LogP contribution in [0.2, 0.25) is 5.02 Å². The Morgan fingerprint density at radius 3 is 2.07 bits per heavy atom. The van der Waals surface area contributed by atoms with E-state index in [1.807, 2.05) is 4.72 Å². The van der Waals surface area contributed by atoms with Crippen molar-refractivity contribution in [1.82, 2.24) is 24.5 Å². The third-order valence-corrected chi connectivity index (χ3v) is 14.8. The second kappa shape index (κ2) is 18.3. The minimum absolute atomic E-state index is 0.100. The Kier molecular flexibility index (Phi) is 14.1. The molecule has 15 nitrogen and oxygen atoms in total. The number of pyridine rings is 1. The van der Waals surface area contributed by atoms with Gasteiger partial charge in [0, 0.05) is 40.8 Å². The number of sulfonamides is 1. The van der Waals surface area contributed by atoms with Crippen LogP contribution in [-0.4, -0.2) is 89.4 Å². The van der Waals surface area contributed by atoms with Gasteiger partial charge in [0.1, 0.15) is 40.4 Å². The molecule has 0 spiro atoms. The molecule has 3 heterocycles. The quantitative estimate of drug-likeness (QED) is 0.0630. The Bertz CT molecular complexity index is 3330. The van der Waals surface area contributed by atoms with Gasteiger partial charge in [0.05, 0.1) is 33.6 Å². The molecule has 7 rings (SSSR count). The number of halogens is 11. The van der Waals surface area contributed by atoms with Crippen LogP contribution < -0.4 is 10.5 Å². The van der Waals surface area contributed by atoms with Gasteiger partial charge in [-0.05, 0) is 81.3 Å². The number of nitrogens with two attached hydrogens (primary N) is 1. The van der Waals surface area contributed by atoms with E-state index in [4.69, 9.17) is 21.9 Å². The Labute approximate surface area is 397 Å². The molecule has 0 aliphatic heterocycles. The van der Waals surface area contributed by atoms with Gasteiger partial charge in [-0.25, -0.2) is 35.3 Å². The average molecular weight is 1080 g/mol. The van der Waals surface area contributed by atoms with Gasteiger partial charge >= 0.3 is 12.4 Å². The largest absolute Gasteiger partial charge is 0.435 e. The molecular formula is C41H38ClF10N7O8S3. The van der Waals surface area contributed by atoms with Crippen LogP contribution in [0.4, 0.5) is 49.7 Å². The van der Waals surface area contributed by atoms with E-state index in [2.05, 4.69) is 27.0 Å². The molecule has 0 bridgehead atoms. The van der Waals surface area contributed by atoms with E-state index in [0.29, 0.717) is 17.0 Å². The summed E-state index contributed by atoms with van der Waals surface area (Å²) in [5.41, 5.74) is -0.619. The van der Waals surface area contributed by atoms with Crippen LogP contribution in [-0.2, 0) is 59.8 Å². The molecule has 4 atom stereocenters. The van der Waals surface area contributed by atoms with Crippen molar-refractivity contribution in [2.75, 3.05) is 23.0 Å². The van der Waals surface area contributed by atoms with Gasteiger partial charge in [-0.15, -0.1) is 0 Å². The van der Waals surface area contributed by atoms with Crippen molar-refractivity contribution in [3.05, 3.63) is 93.0 Å². The van der Waals surface area contributed by atoms with Crippen LogP contribution in [0, 0.1) is 29.4 Å².